The number of nitrogens with zero attached hydrogens (tertiary/aromatic N) is 3. The third-order valence-electron chi connectivity index (χ3n) is 6.03. The molecule has 1 spiro atoms. The number of fused-ring (bicyclic) bond motifs is 2. The highest BCUT2D eigenvalue weighted by Crippen LogP contribution is 2.44. The summed E-state index contributed by atoms with van der Waals surface area (Å²) in [5.41, 5.74) is 2.65. The molecule has 5 rings (SSSR count). The van der Waals surface area contributed by atoms with Crippen LogP contribution in [0.15, 0.2) is 36.5 Å². The molecule has 5 nitrogen and oxygen atoms in total. The van der Waals surface area contributed by atoms with E-state index in [1.54, 1.807) is 0 Å². The van der Waals surface area contributed by atoms with Crippen molar-refractivity contribution in [3.05, 3.63) is 47.8 Å². The van der Waals surface area contributed by atoms with Crippen LogP contribution in [0, 0.1) is 5.92 Å². The third kappa shape index (κ3) is 2.53. The number of rotatable bonds is 2. The highest BCUT2D eigenvalue weighted by molar-refractivity contribution is 5.80. The molecular formula is C21H23N3O2. The van der Waals surface area contributed by atoms with Gasteiger partial charge in [0.1, 0.15) is 5.60 Å². The van der Waals surface area contributed by atoms with Crippen molar-refractivity contribution >= 4 is 5.91 Å². The van der Waals surface area contributed by atoms with Gasteiger partial charge in [0.05, 0.1) is 25.4 Å². The summed E-state index contributed by atoms with van der Waals surface area (Å²) in [6.07, 6.45) is 7.63. The van der Waals surface area contributed by atoms with Crippen LogP contribution in [0.3, 0.4) is 0 Å². The molecule has 3 aliphatic rings. The van der Waals surface area contributed by atoms with Crippen molar-refractivity contribution < 1.29 is 9.53 Å². The first-order valence-corrected chi connectivity index (χ1v) is 9.60. The summed E-state index contributed by atoms with van der Waals surface area (Å²) in [5, 5.41) is 0. The number of carbonyl (C=O) groups excluding carboxylic acids is 1. The standard InChI is InChI=1S/C21H23N3O2/c25-20(16-9-5-2-6-10-16)24-13-21(14-24)17-11-22-19(23-18(17)12-26-21)15-7-3-1-4-8-15/h1,3-4,7-8,11,16H,2,5-6,9-10,12-14H2. The Kier molecular flexibility index (Phi) is 3.78. The first-order chi connectivity index (χ1) is 12.8. The molecule has 1 amide bonds. The molecular weight excluding hydrogens is 326 g/mol. The van der Waals surface area contributed by atoms with Crippen LogP contribution in [0.2, 0.25) is 0 Å². The minimum absolute atomic E-state index is 0.221. The second kappa shape index (κ2) is 6.16. The molecule has 2 aromatic rings. The van der Waals surface area contributed by atoms with Crippen molar-refractivity contribution in [3.8, 4) is 11.4 Å². The molecule has 0 radical (unpaired) electrons. The highest BCUT2D eigenvalue weighted by atomic mass is 16.5. The Balaban J connectivity index is 1.33. The predicted molar refractivity (Wildman–Crippen MR) is 97.1 cm³/mol. The van der Waals surface area contributed by atoms with Gasteiger partial charge in [0.2, 0.25) is 5.91 Å². The molecule has 2 fully saturated rings. The molecule has 0 N–H and O–H groups in total. The smallest absolute Gasteiger partial charge is 0.225 e. The summed E-state index contributed by atoms with van der Waals surface area (Å²) in [5.74, 6) is 1.27. The molecule has 1 aromatic carbocycles. The van der Waals surface area contributed by atoms with Crippen LogP contribution in [0.5, 0.6) is 0 Å². The molecule has 0 bridgehead atoms. The van der Waals surface area contributed by atoms with Gasteiger partial charge in [-0.15, -0.1) is 0 Å². The van der Waals surface area contributed by atoms with Gasteiger partial charge >= 0.3 is 0 Å². The largest absolute Gasteiger partial charge is 0.360 e. The minimum atomic E-state index is -0.380. The van der Waals surface area contributed by atoms with Crippen LogP contribution in [0.1, 0.15) is 43.4 Å². The van der Waals surface area contributed by atoms with E-state index < -0.39 is 0 Å². The Bertz CT molecular complexity index is 824. The Labute approximate surface area is 153 Å². The lowest BCUT2D eigenvalue weighted by atomic mass is 9.83. The van der Waals surface area contributed by atoms with E-state index in [0.717, 1.165) is 35.5 Å². The molecule has 0 unspecified atom stereocenters. The van der Waals surface area contributed by atoms with Crippen LogP contribution in [0.4, 0.5) is 0 Å². The molecule has 3 heterocycles. The number of hydrogen-bond acceptors (Lipinski definition) is 4. The van der Waals surface area contributed by atoms with E-state index in [-0.39, 0.29) is 11.5 Å². The summed E-state index contributed by atoms with van der Waals surface area (Å²) in [6, 6.07) is 10.00. The van der Waals surface area contributed by atoms with Gasteiger partial charge in [-0.1, -0.05) is 49.6 Å². The van der Waals surface area contributed by atoms with Gasteiger partial charge in [0, 0.05) is 23.2 Å². The van der Waals surface area contributed by atoms with Crippen molar-refractivity contribution in [2.75, 3.05) is 13.1 Å². The lowest BCUT2D eigenvalue weighted by molar-refractivity contribution is -0.173. The normalized spacial score (nSPS) is 21.5. The van der Waals surface area contributed by atoms with Crippen LogP contribution >= 0.6 is 0 Å². The predicted octanol–water partition coefficient (Wildman–Crippen LogP) is 3.29. The average Bonchev–Trinajstić information content (AvgIpc) is 3.07. The minimum Gasteiger partial charge on any atom is -0.360 e. The van der Waals surface area contributed by atoms with E-state index in [4.69, 9.17) is 9.72 Å². The van der Waals surface area contributed by atoms with E-state index in [0.29, 0.717) is 25.6 Å². The molecule has 2 aliphatic heterocycles. The number of likely N-dealkylation sites (tertiary alicyclic amines) is 1. The fourth-order valence-corrected chi connectivity index (χ4v) is 4.51. The lowest BCUT2D eigenvalue weighted by Crippen LogP contribution is -2.62. The fraction of sp³-hybridized carbons (Fsp3) is 0.476. The van der Waals surface area contributed by atoms with Gasteiger partial charge < -0.3 is 9.64 Å². The van der Waals surface area contributed by atoms with E-state index in [2.05, 4.69) is 4.98 Å². The molecule has 1 aromatic heterocycles. The van der Waals surface area contributed by atoms with Crippen LogP contribution < -0.4 is 0 Å². The number of aromatic nitrogens is 2. The summed E-state index contributed by atoms with van der Waals surface area (Å²) in [7, 11) is 0. The summed E-state index contributed by atoms with van der Waals surface area (Å²) < 4.78 is 6.11. The van der Waals surface area contributed by atoms with Crippen molar-refractivity contribution in [2.24, 2.45) is 5.92 Å². The van der Waals surface area contributed by atoms with Gasteiger partial charge in [0.15, 0.2) is 5.82 Å². The molecule has 134 valence electrons. The number of carbonyl (C=O) groups is 1. The molecule has 26 heavy (non-hydrogen) atoms. The molecule has 5 heteroatoms. The summed E-state index contributed by atoms with van der Waals surface area (Å²) >= 11 is 0. The monoisotopic (exact) mass is 349 g/mol. The maximum atomic E-state index is 12.7. The van der Waals surface area contributed by atoms with Crippen LogP contribution in [-0.2, 0) is 21.7 Å². The number of benzene rings is 1. The number of hydrogen-bond donors (Lipinski definition) is 0. The molecule has 0 atom stereocenters. The van der Waals surface area contributed by atoms with Gasteiger partial charge in [-0.05, 0) is 12.8 Å². The maximum Gasteiger partial charge on any atom is 0.225 e. The third-order valence-corrected chi connectivity index (χ3v) is 6.03. The second-order valence-electron chi connectivity index (χ2n) is 7.73. The Morgan fingerprint density at radius 2 is 1.88 bits per heavy atom. The van der Waals surface area contributed by atoms with Gasteiger partial charge in [0.25, 0.3) is 0 Å². The van der Waals surface area contributed by atoms with Crippen molar-refractivity contribution in [2.45, 2.75) is 44.3 Å². The van der Waals surface area contributed by atoms with E-state index in [1.165, 1.54) is 19.3 Å². The zero-order valence-corrected chi connectivity index (χ0v) is 14.9. The maximum absolute atomic E-state index is 12.7. The number of ether oxygens (including phenoxy) is 1. The van der Waals surface area contributed by atoms with E-state index in [1.807, 2.05) is 41.4 Å². The highest BCUT2D eigenvalue weighted by Gasteiger charge is 2.53. The molecule has 1 aliphatic carbocycles. The quantitative estimate of drug-likeness (QED) is 0.835. The fourth-order valence-electron chi connectivity index (χ4n) is 4.51. The first kappa shape index (κ1) is 15.9. The van der Waals surface area contributed by atoms with Crippen molar-refractivity contribution in [1.29, 1.82) is 0 Å². The van der Waals surface area contributed by atoms with Gasteiger partial charge in [-0.3, -0.25) is 4.79 Å². The number of amides is 1. The van der Waals surface area contributed by atoms with Crippen molar-refractivity contribution in [1.82, 2.24) is 14.9 Å². The topological polar surface area (TPSA) is 55.3 Å². The Hall–Kier alpha value is -2.27. The van der Waals surface area contributed by atoms with E-state index >= 15 is 0 Å². The van der Waals surface area contributed by atoms with Gasteiger partial charge in [-0.25, -0.2) is 9.97 Å². The Morgan fingerprint density at radius 3 is 2.65 bits per heavy atom. The van der Waals surface area contributed by atoms with E-state index in [9.17, 15) is 4.79 Å². The second-order valence-corrected chi connectivity index (χ2v) is 7.73. The summed E-state index contributed by atoms with van der Waals surface area (Å²) in [4.78, 5) is 24.0. The van der Waals surface area contributed by atoms with Crippen LogP contribution in [-0.4, -0.2) is 33.9 Å². The first-order valence-electron chi connectivity index (χ1n) is 9.60. The lowest BCUT2D eigenvalue weighted by Gasteiger charge is -2.48. The van der Waals surface area contributed by atoms with Gasteiger partial charge in [-0.2, -0.15) is 0 Å². The molecule has 1 saturated carbocycles. The molecule has 1 saturated heterocycles. The zero-order valence-electron chi connectivity index (χ0n) is 14.9. The zero-order chi connectivity index (χ0) is 17.6. The van der Waals surface area contributed by atoms with Crippen molar-refractivity contribution in [3.63, 3.8) is 0 Å². The summed E-state index contributed by atoms with van der Waals surface area (Å²) in [6.45, 7) is 1.79. The Morgan fingerprint density at radius 1 is 1.12 bits per heavy atom. The average molecular weight is 349 g/mol. The van der Waals surface area contributed by atoms with Crippen LogP contribution in [0.25, 0.3) is 11.4 Å². The SMILES string of the molecule is O=C(C1CCCCC1)N1CC2(C1)OCc1nc(-c3ccccc3)ncc12.